The first-order valence-electron chi connectivity index (χ1n) is 9.95. The SMILES string of the molecule is N=c1c(S(=O)(=O)c2ccccc2)nc2c3ccccc3[nH]c2n1CCc1ccccc1. The minimum absolute atomic E-state index is 0.126. The van der Waals surface area contributed by atoms with E-state index in [0.717, 1.165) is 16.5 Å². The lowest BCUT2D eigenvalue weighted by atomic mass is 10.1. The number of hydrogen-bond acceptors (Lipinski definition) is 4. The van der Waals surface area contributed by atoms with E-state index in [9.17, 15) is 8.42 Å². The molecule has 2 aromatic heterocycles. The second-order valence-corrected chi connectivity index (χ2v) is 9.20. The van der Waals surface area contributed by atoms with E-state index in [0.29, 0.717) is 24.1 Å². The van der Waals surface area contributed by atoms with Gasteiger partial charge in [-0.1, -0.05) is 66.7 Å². The molecule has 0 amide bonds. The molecule has 0 spiro atoms. The highest BCUT2D eigenvalue weighted by Crippen LogP contribution is 2.25. The zero-order valence-corrected chi connectivity index (χ0v) is 17.4. The monoisotopic (exact) mass is 428 g/mol. The predicted octanol–water partition coefficient (Wildman–Crippen LogP) is 4.07. The van der Waals surface area contributed by atoms with Crippen molar-refractivity contribution in [3.8, 4) is 0 Å². The fraction of sp³-hybridized carbons (Fsp3) is 0.0833. The summed E-state index contributed by atoms with van der Waals surface area (Å²) in [5.41, 5.74) is 3.04. The number of rotatable bonds is 5. The average molecular weight is 429 g/mol. The zero-order chi connectivity index (χ0) is 21.4. The number of aromatic nitrogens is 3. The number of nitrogens with one attached hydrogen (secondary N) is 2. The maximum Gasteiger partial charge on any atom is 0.227 e. The lowest BCUT2D eigenvalue weighted by Gasteiger charge is -2.12. The van der Waals surface area contributed by atoms with E-state index >= 15 is 0 Å². The van der Waals surface area contributed by atoms with E-state index in [1.807, 2.05) is 54.6 Å². The van der Waals surface area contributed by atoms with Crippen LogP contribution in [0.2, 0.25) is 0 Å². The highest BCUT2D eigenvalue weighted by Gasteiger charge is 2.25. The van der Waals surface area contributed by atoms with Crippen LogP contribution in [0, 0.1) is 5.41 Å². The van der Waals surface area contributed by atoms with Crippen molar-refractivity contribution in [3.63, 3.8) is 0 Å². The summed E-state index contributed by atoms with van der Waals surface area (Å²) in [6.45, 7) is 0.450. The van der Waals surface area contributed by atoms with Gasteiger partial charge in [-0.15, -0.1) is 0 Å². The molecular weight excluding hydrogens is 408 g/mol. The Labute approximate surface area is 179 Å². The van der Waals surface area contributed by atoms with Crippen molar-refractivity contribution in [2.75, 3.05) is 0 Å². The molecule has 0 bridgehead atoms. The van der Waals surface area contributed by atoms with Crippen LogP contribution in [0.3, 0.4) is 0 Å². The first-order chi connectivity index (χ1) is 15.1. The van der Waals surface area contributed by atoms with Crippen LogP contribution in [-0.2, 0) is 22.8 Å². The van der Waals surface area contributed by atoms with Crippen molar-refractivity contribution in [3.05, 3.63) is 96.0 Å². The Bertz CT molecular complexity index is 1550. The van der Waals surface area contributed by atoms with Gasteiger partial charge in [-0.25, -0.2) is 13.4 Å². The molecule has 0 aliphatic rings. The molecule has 0 unspecified atom stereocenters. The van der Waals surface area contributed by atoms with E-state index < -0.39 is 9.84 Å². The van der Waals surface area contributed by atoms with Gasteiger partial charge in [0.2, 0.25) is 14.9 Å². The third-order valence-electron chi connectivity index (χ3n) is 5.39. The van der Waals surface area contributed by atoms with Crippen molar-refractivity contribution in [1.29, 1.82) is 5.41 Å². The lowest BCUT2D eigenvalue weighted by molar-refractivity contribution is 0.581. The number of hydrogen-bond donors (Lipinski definition) is 2. The largest absolute Gasteiger partial charge is 0.339 e. The smallest absolute Gasteiger partial charge is 0.227 e. The molecule has 0 aliphatic heterocycles. The number of nitrogens with zero attached hydrogens (tertiary/aromatic N) is 2. The molecular formula is C24H20N4O2S. The van der Waals surface area contributed by atoms with E-state index in [-0.39, 0.29) is 15.4 Å². The molecule has 0 radical (unpaired) electrons. The summed E-state index contributed by atoms with van der Waals surface area (Å²) in [7, 11) is -3.95. The Kier molecular flexibility index (Phi) is 4.67. The van der Waals surface area contributed by atoms with Crippen LogP contribution in [0.1, 0.15) is 5.56 Å². The van der Waals surface area contributed by atoms with Gasteiger partial charge in [0.25, 0.3) is 0 Å². The summed E-state index contributed by atoms with van der Waals surface area (Å²) in [4.78, 5) is 7.96. The zero-order valence-electron chi connectivity index (χ0n) is 16.6. The van der Waals surface area contributed by atoms with Gasteiger partial charge in [0.1, 0.15) is 11.2 Å². The second-order valence-electron chi connectivity index (χ2n) is 7.34. The number of fused-ring (bicyclic) bond motifs is 3. The Morgan fingerprint density at radius 1 is 0.871 bits per heavy atom. The van der Waals surface area contributed by atoms with Gasteiger partial charge in [-0.05, 0) is 30.2 Å². The molecule has 0 saturated heterocycles. The van der Waals surface area contributed by atoms with Crippen LogP contribution in [0.15, 0.2) is 94.9 Å². The Morgan fingerprint density at radius 3 is 2.26 bits per heavy atom. The highest BCUT2D eigenvalue weighted by molar-refractivity contribution is 7.91. The Hall–Kier alpha value is -3.71. The van der Waals surface area contributed by atoms with E-state index in [1.54, 1.807) is 22.8 Å². The first kappa shape index (κ1) is 19.3. The number of sulfone groups is 1. The second kappa shape index (κ2) is 7.52. The Balaban J connectivity index is 1.76. The normalized spacial score (nSPS) is 11.9. The van der Waals surface area contributed by atoms with Gasteiger partial charge in [-0.3, -0.25) is 5.41 Å². The van der Waals surface area contributed by atoms with Gasteiger partial charge in [0.05, 0.1) is 4.90 Å². The molecule has 0 fully saturated rings. The summed E-state index contributed by atoms with van der Waals surface area (Å²) in [5.74, 6) is 0. The molecule has 2 N–H and O–H groups in total. The molecule has 0 aliphatic carbocycles. The summed E-state index contributed by atoms with van der Waals surface area (Å²) in [6.07, 6.45) is 0.663. The van der Waals surface area contributed by atoms with Crippen LogP contribution >= 0.6 is 0 Å². The molecule has 6 nitrogen and oxygen atoms in total. The van der Waals surface area contributed by atoms with Crippen molar-refractivity contribution in [2.24, 2.45) is 0 Å². The quantitative estimate of drug-likeness (QED) is 0.442. The van der Waals surface area contributed by atoms with Crippen molar-refractivity contribution < 1.29 is 8.42 Å². The van der Waals surface area contributed by atoms with Crippen LogP contribution < -0.4 is 5.49 Å². The molecule has 5 aromatic rings. The Morgan fingerprint density at radius 2 is 1.52 bits per heavy atom. The number of aromatic amines is 1. The molecule has 7 heteroatoms. The molecule has 5 rings (SSSR count). The fourth-order valence-electron chi connectivity index (χ4n) is 3.81. The number of H-pyrrole nitrogens is 1. The molecule has 0 atom stereocenters. The van der Waals surface area contributed by atoms with Gasteiger partial charge < -0.3 is 9.55 Å². The van der Waals surface area contributed by atoms with Crippen molar-refractivity contribution >= 4 is 31.9 Å². The number of para-hydroxylation sites is 1. The van der Waals surface area contributed by atoms with Crippen LogP contribution in [0.4, 0.5) is 0 Å². The van der Waals surface area contributed by atoms with Gasteiger partial charge in [0, 0.05) is 17.4 Å². The maximum absolute atomic E-state index is 13.4. The fourth-order valence-corrected chi connectivity index (χ4v) is 5.13. The minimum Gasteiger partial charge on any atom is -0.339 e. The van der Waals surface area contributed by atoms with Gasteiger partial charge >= 0.3 is 0 Å². The van der Waals surface area contributed by atoms with Crippen LogP contribution in [0.5, 0.6) is 0 Å². The highest BCUT2D eigenvalue weighted by atomic mass is 32.2. The topological polar surface area (TPSA) is 91.6 Å². The molecule has 0 saturated carbocycles. The third-order valence-corrected chi connectivity index (χ3v) is 7.08. The summed E-state index contributed by atoms with van der Waals surface area (Å²) in [6, 6.07) is 25.7. The molecule has 2 heterocycles. The molecule has 3 aromatic carbocycles. The minimum atomic E-state index is -3.95. The molecule has 31 heavy (non-hydrogen) atoms. The predicted molar refractivity (Wildman–Crippen MR) is 119 cm³/mol. The standard InChI is InChI=1S/C24H20N4O2S/c25-22-24(31(29,30)18-11-5-2-6-12-18)27-21-19-13-7-8-14-20(19)26-23(21)28(22)16-15-17-9-3-1-4-10-17/h1-14,25-26H,15-16H2. The summed E-state index contributed by atoms with van der Waals surface area (Å²) < 4.78 is 28.5. The van der Waals surface area contributed by atoms with Gasteiger partial charge in [0.15, 0.2) is 5.49 Å². The molecule has 154 valence electrons. The average Bonchev–Trinajstić information content (AvgIpc) is 3.17. The number of aryl methyl sites for hydroxylation is 2. The van der Waals surface area contributed by atoms with Gasteiger partial charge in [-0.2, -0.15) is 0 Å². The lowest BCUT2D eigenvalue weighted by Crippen LogP contribution is -2.29. The maximum atomic E-state index is 13.4. The van der Waals surface area contributed by atoms with Crippen LogP contribution in [0.25, 0.3) is 22.1 Å². The van der Waals surface area contributed by atoms with Crippen molar-refractivity contribution in [2.45, 2.75) is 22.9 Å². The van der Waals surface area contributed by atoms with Crippen LogP contribution in [-0.4, -0.2) is 23.0 Å². The first-order valence-corrected chi connectivity index (χ1v) is 11.4. The number of benzene rings is 3. The van der Waals surface area contributed by atoms with Crippen molar-refractivity contribution in [1.82, 2.24) is 14.5 Å². The van der Waals surface area contributed by atoms with E-state index in [2.05, 4.69) is 9.97 Å². The summed E-state index contributed by atoms with van der Waals surface area (Å²) in [5, 5.41) is 9.37. The van der Waals surface area contributed by atoms with E-state index in [4.69, 9.17) is 5.41 Å². The van der Waals surface area contributed by atoms with E-state index in [1.165, 1.54) is 12.1 Å². The third kappa shape index (κ3) is 3.33. The summed E-state index contributed by atoms with van der Waals surface area (Å²) >= 11 is 0.